The van der Waals surface area contributed by atoms with Gasteiger partial charge in [0.15, 0.2) is 11.6 Å². The van der Waals surface area contributed by atoms with Crippen LogP contribution in [0.1, 0.15) is 12.6 Å². The summed E-state index contributed by atoms with van der Waals surface area (Å²) in [6.07, 6.45) is -1.20. The first-order valence-electron chi connectivity index (χ1n) is 5.50. The molecule has 0 saturated carbocycles. The molecule has 1 aliphatic rings. The van der Waals surface area contributed by atoms with E-state index in [4.69, 9.17) is 22.1 Å². The second kappa shape index (κ2) is 5.04. The highest BCUT2D eigenvalue weighted by Crippen LogP contribution is 2.36. The lowest BCUT2D eigenvalue weighted by molar-refractivity contribution is -0.114. The van der Waals surface area contributed by atoms with E-state index >= 15 is 0 Å². The number of aromatic nitrogens is 2. The quantitative estimate of drug-likeness (QED) is 0.630. The van der Waals surface area contributed by atoms with Gasteiger partial charge in [0, 0.05) is 6.42 Å². The highest BCUT2D eigenvalue weighted by atomic mass is 35.5. The van der Waals surface area contributed by atoms with Crippen LogP contribution in [0.5, 0.6) is 0 Å². The maximum atomic E-state index is 13.3. The van der Waals surface area contributed by atoms with Gasteiger partial charge >= 0.3 is 5.69 Å². The molecule has 7 nitrogen and oxygen atoms in total. The molecular formula is C10H13ClFN3O4. The second-order valence-corrected chi connectivity index (χ2v) is 4.61. The van der Waals surface area contributed by atoms with E-state index in [1.165, 1.54) is 0 Å². The van der Waals surface area contributed by atoms with Gasteiger partial charge in [-0.3, -0.25) is 4.57 Å². The Kier molecular flexibility index (Phi) is 3.77. The summed E-state index contributed by atoms with van der Waals surface area (Å²) in [7, 11) is 0. The van der Waals surface area contributed by atoms with Crippen molar-refractivity contribution in [2.45, 2.75) is 24.4 Å². The molecule has 1 aromatic heterocycles. The number of alkyl halides is 1. The number of anilines is 1. The first kappa shape index (κ1) is 14.2. The minimum atomic E-state index is -1.37. The van der Waals surface area contributed by atoms with Crippen LogP contribution in [-0.2, 0) is 4.74 Å². The highest BCUT2D eigenvalue weighted by molar-refractivity contribution is 6.18. The topological polar surface area (TPSA) is 111 Å². The molecule has 0 spiro atoms. The van der Waals surface area contributed by atoms with Crippen molar-refractivity contribution >= 4 is 17.4 Å². The van der Waals surface area contributed by atoms with Gasteiger partial charge in [-0.2, -0.15) is 4.98 Å². The number of hydrogen-bond donors (Lipinski definition) is 3. The zero-order valence-electron chi connectivity index (χ0n) is 9.79. The molecule has 106 valence electrons. The van der Waals surface area contributed by atoms with E-state index in [1.807, 2.05) is 0 Å². The normalized spacial score (nSPS) is 30.7. The summed E-state index contributed by atoms with van der Waals surface area (Å²) < 4.78 is 19.6. The number of hydrogen-bond acceptors (Lipinski definition) is 6. The van der Waals surface area contributed by atoms with E-state index in [1.54, 1.807) is 0 Å². The lowest BCUT2D eigenvalue weighted by Crippen LogP contribution is -2.45. The summed E-state index contributed by atoms with van der Waals surface area (Å²) in [5.41, 5.74) is 2.99. The molecule has 0 bridgehead atoms. The fourth-order valence-electron chi connectivity index (χ4n) is 1.94. The third-order valence-corrected chi connectivity index (χ3v) is 3.59. The predicted octanol–water partition coefficient (Wildman–Crippen LogP) is -0.786. The van der Waals surface area contributed by atoms with Crippen molar-refractivity contribution in [3.8, 4) is 0 Å². The summed E-state index contributed by atoms with van der Waals surface area (Å²) in [6.45, 7) is -0.520. The van der Waals surface area contributed by atoms with Gasteiger partial charge in [-0.1, -0.05) is 0 Å². The van der Waals surface area contributed by atoms with E-state index < -0.39 is 41.9 Å². The van der Waals surface area contributed by atoms with Crippen molar-refractivity contribution in [2.24, 2.45) is 0 Å². The van der Waals surface area contributed by atoms with Gasteiger partial charge < -0.3 is 20.7 Å². The number of nitrogens with two attached hydrogens (primary N) is 1. The van der Waals surface area contributed by atoms with Crippen molar-refractivity contribution in [3.05, 3.63) is 22.5 Å². The summed E-state index contributed by atoms with van der Waals surface area (Å²) in [6, 6.07) is 0. The Morgan fingerprint density at radius 1 is 1.74 bits per heavy atom. The predicted molar refractivity (Wildman–Crippen MR) is 64.2 cm³/mol. The molecule has 4 N–H and O–H groups in total. The molecule has 0 amide bonds. The van der Waals surface area contributed by atoms with Gasteiger partial charge in [0.2, 0.25) is 0 Å². The molecule has 1 aromatic rings. The van der Waals surface area contributed by atoms with Crippen molar-refractivity contribution in [1.82, 2.24) is 9.55 Å². The second-order valence-electron chi connectivity index (χ2n) is 4.34. The van der Waals surface area contributed by atoms with E-state index in [2.05, 4.69) is 4.98 Å². The molecular weight excluding hydrogens is 281 g/mol. The Hall–Kier alpha value is -1.22. The van der Waals surface area contributed by atoms with Crippen molar-refractivity contribution < 1.29 is 19.3 Å². The number of ether oxygens (including phenoxy) is 1. The minimum Gasteiger partial charge on any atom is -0.393 e. The molecule has 0 radical (unpaired) electrons. The molecule has 1 unspecified atom stereocenters. The monoisotopic (exact) mass is 293 g/mol. The Bertz CT molecular complexity index is 534. The van der Waals surface area contributed by atoms with Crippen LogP contribution in [0.25, 0.3) is 0 Å². The third-order valence-electron chi connectivity index (χ3n) is 3.14. The smallest absolute Gasteiger partial charge is 0.351 e. The summed E-state index contributed by atoms with van der Waals surface area (Å²) in [5.74, 6) is -1.54. The molecule has 2 heterocycles. The van der Waals surface area contributed by atoms with Crippen LogP contribution < -0.4 is 11.4 Å². The summed E-state index contributed by atoms with van der Waals surface area (Å²) in [5, 5.41) is 19.1. The van der Waals surface area contributed by atoms with Crippen molar-refractivity contribution in [1.29, 1.82) is 0 Å². The van der Waals surface area contributed by atoms with Gasteiger partial charge in [0.05, 0.1) is 24.8 Å². The van der Waals surface area contributed by atoms with Crippen LogP contribution in [0.2, 0.25) is 0 Å². The Labute approximate surface area is 112 Å². The van der Waals surface area contributed by atoms with Crippen LogP contribution in [0.3, 0.4) is 0 Å². The van der Waals surface area contributed by atoms with E-state index in [0.717, 1.165) is 10.8 Å². The fraction of sp³-hybridized carbons (Fsp3) is 0.600. The molecule has 9 heteroatoms. The number of nitrogen functional groups attached to an aromatic ring is 1. The van der Waals surface area contributed by atoms with Gasteiger partial charge in [0.1, 0.15) is 11.8 Å². The van der Waals surface area contributed by atoms with Gasteiger partial charge in [-0.25, -0.2) is 9.18 Å². The number of rotatable bonds is 3. The average Bonchev–Trinajstić information content (AvgIpc) is 2.71. The first-order valence-corrected chi connectivity index (χ1v) is 6.04. The van der Waals surface area contributed by atoms with Crippen LogP contribution in [-0.4, -0.2) is 44.0 Å². The number of nitrogens with zero attached hydrogens (tertiary/aromatic N) is 2. The Balaban J connectivity index is 2.36. The molecule has 19 heavy (non-hydrogen) atoms. The molecule has 2 rings (SSSR count). The lowest BCUT2D eigenvalue weighted by atomic mass is 10.0. The van der Waals surface area contributed by atoms with Crippen molar-refractivity contribution in [3.63, 3.8) is 0 Å². The SMILES string of the molecule is Nc1nc(=O)n(C2C[C@H](O)[C@](CO)(CCl)O2)cc1F. The van der Waals surface area contributed by atoms with Crippen LogP contribution in [0, 0.1) is 5.82 Å². The Morgan fingerprint density at radius 2 is 2.42 bits per heavy atom. The van der Waals surface area contributed by atoms with Crippen LogP contribution in [0.15, 0.2) is 11.0 Å². The van der Waals surface area contributed by atoms with Crippen LogP contribution >= 0.6 is 11.6 Å². The lowest BCUT2D eigenvalue weighted by Gasteiger charge is -2.27. The van der Waals surface area contributed by atoms with E-state index in [9.17, 15) is 19.4 Å². The zero-order chi connectivity index (χ0) is 14.2. The Morgan fingerprint density at radius 3 is 2.95 bits per heavy atom. The number of halogens is 2. The van der Waals surface area contributed by atoms with Crippen molar-refractivity contribution in [2.75, 3.05) is 18.2 Å². The number of aliphatic hydroxyl groups is 2. The molecule has 1 fully saturated rings. The maximum absolute atomic E-state index is 13.3. The van der Waals surface area contributed by atoms with Gasteiger partial charge in [-0.05, 0) is 0 Å². The minimum absolute atomic E-state index is 0.0157. The summed E-state index contributed by atoms with van der Waals surface area (Å²) in [4.78, 5) is 14.9. The standard InChI is InChI=1S/C10H13ClFN3O4/c11-3-10(4-16)6(17)1-7(19-10)15-2-5(12)8(13)14-9(15)18/h2,6-7,16-17H,1,3-4H2,(H2,13,14,18)/t6-,7?,10+/m0/s1. The fourth-order valence-corrected chi connectivity index (χ4v) is 2.27. The van der Waals surface area contributed by atoms with Crippen LogP contribution in [0.4, 0.5) is 10.2 Å². The zero-order valence-corrected chi connectivity index (χ0v) is 10.5. The molecule has 1 saturated heterocycles. The average molecular weight is 294 g/mol. The highest BCUT2D eigenvalue weighted by Gasteiger charge is 2.48. The largest absolute Gasteiger partial charge is 0.393 e. The van der Waals surface area contributed by atoms with E-state index in [0.29, 0.717) is 0 Å². The summed E-state index contributed by atoms with van der Waals surface area (Å²) >= 11 is 5.67. The number of aliphatic hydroxyl groups excluding tert-OH is 2. The maximum Gasteiger partial charge on any atom is 0.351 e. The first-order chi connectivity index (χ1) is 8.93. The molecule has 3 atom stereocenters. The van der Waals surface area contributed by atoms with Gasteiger partial charge in [-0.15, -0.1) is 11.6 Å². The third kappa shape index (κ3) is 2.32. The molecule has 0 aromatic carbocycles. The molecule has 1 aliphatic heterocycles. The van der Waals surface area contributed by atoms with E-state index in [-0.39, 0.29) is 12.3 Å². The molecule has 0 aliphatic carbocycles. The van der Waals surface area contributed by atoms with Gasteiger partial charge in [0.25, 0.3) is 0 Å².